The van der Waals surface area contributed by atoms with Crippen molar-refractivity contribution >= 4 is 5.97 Å². The number of benzene rings is 1. The summed E-state index contributed by atoms with van der Waals surface area (Å²) in [5.74, 6) is -0.246. The lowest BCUT2D eigenvalue weighted by molar-refractivity contribution is -0.193. The number of aliphatic hydroxyl groups excluding tert-OH is 1. The molecule has 1 aromatic rings. The molecule has 152 valence electrons. The van der Waals surface area contributed by atoms with Gasteiger partial charge in [0.25, 0.3) is 0 Å². The van der Waals surface area contributed by atoms with Crippen LogP contribution in [0.15, 0.2) is 30.3 Å². The Labute approximate surface area is 163 Å². The molecule has 0 aliphatic carbocycles. The monoisotopic (exact) mass is 378 g/mol. The van der Waals surface area contributed by atoms with Crippen molar-refractivity contribution in [2.75, 3.05) is 13.2 Å². The highest BCUT2D eigenvalue weighted by Gasteiger charge is 2.43. The highest BCUT2D eigenvalue weighted by atomic mass is 16.7. The van der Waals surface area contributed by atoms with Gasteiger partial charge in [-0.15, -0.1) is 0 Å². The summed E-state index contributed by atoms with van der Waals surface area (Å²) in [6.07, 6.45) is 0.986. The third kappa shape index (κ3) is 6.91. The van der Waals surface area contributed by atoms with Crippen LogP contribution >= 0.6 is 0 Å². The lowest BCUT2D eigenvalue weighted by Gasteiger charge is -2.33. The van der Waals surface area contributed by atoms with E-state index in [9.17, 15) is 9.90 Å². The van der Waals surface area contributed by atoms with Crippen molar-refractivity contribution in [3.63, 3.8) is 0 Å². The molecule has 1 saturated heterocycles. The summed E-state index contributed by atoms with van der Waals surface area (Å²) in [6, 6.07) is 9.87. The van der Waals surface area contributed by atoms with Crippen molar-refractivity contribution in [3.05, 3.63) is 35.9 Å². The van der Waals surface area contributed by atoms with E-state index in [0.717, 1.165) is 12.0 Å². The van der Waals surface area contributed by atoms with E-state index in [1.54, 1.807) is 0 Å². The maximum atomic E-state index is 12.6. The van der Waals surface area contributed by atoms with Crippen LogP contribution in [-0.4, -0.2) is 36.2 Å². The van der Waals surface area contributed by atoms with Gasteiger partial charge in [0.2, 0.25) is 0 Å². The number of esters is 1. The molecule has 2 rings (SSSR count). The molecule has 2 unspecified atom stereocenters. The van der Waals surface area contributed by atoms with E-state index >= 15 is 0 Å². The molecular formula is C22H34O5. The Morgan fingerprint density at radius 2 is 1.85 bits per heavy atom. The molecule has 5 heteroatoms. The summed E-state index contributed by atoms with van der Waals surface area (Å²) in [7, 11) is 0. The van der Waals surface area contributed by atoms with Crippen LogP contribution in [0.3, 0.4) is 0 Å². The molecule has 1 heterocycles. The van der Waals surface area contributed by atoms with Gasteiger partial charge < -0.3 is 19.3 Å². The maximum absolute atomic E-state index is 12.6. The lowest BCUT2D eigenvalue weighted by atomic mass is 9.76. The van der Waals surface area contributed by atoms with E-state index < -0.39 is 17.3 Å². The van der Waals surface area contributed by atoms with Gasteiger partial charge in [0.05, 0.1) is 18.6 Å². The topological polar surface area (TPSA) is 65.0 Å². The Morgan fingerprint density at radius 3 is 2.41 bits per heavy atom. The Hall–Kier alpha value is -1.43. The first-order valence-corrected chi connectivity index (χ1v) is 9.66. The minimum atomic E-state index is -0.841. The maximum Gasteiger partial charge on any atom is 0.311 e. The number of carbonyl (C=O) groups excluding carboxylic acids is 1. The third-order valence-electron chi connectivity index (χ3n) is 4.70. The third-order valence-corrected chi connectivity index (χ3v) is 4.70. The fraction of sp³-hybridized carbons (Fsp3) is 0.682. The Morgan fingerprint density at radius 1 is 1.19 bits per heavy atom. The highest BCUT2D eigenvalue weighted by molar-refractivity contribution is 5.76. The second-order valence-corrected chi connectivity index (χ2v) is 9.47. The van der Waals surface area contributed by atoms with Crippen LogP contribution in [0, 0.1) is 10.8 Å². The van der Waals surface area contributed by atoms with Crippen molar-refractivity contribution in [2.24, 2.45) is 10.8 Å². The van der Waals surface area contributed by atoms with E-state index in [2.05, 4.69) is 20.8 Å². The minimum Gasteiger partial charge on any atom is -0.462 e. The predicted molar refractivity (Wildman–Crippen MR) is 104 cm³/mol. The van der Waals surface area contributed by atoms with Crippen LogP contribution in [0.2, 0.25) is 0 Å². The number of carbonyl (C=O) groups is 1. The SMILES string of the molecule is CC(C)(C)CC(C)(C)C(=O)OCC1(COCc2ccccc2)CCC(O)O1. The first kappa shape index (κ1) is 21.9. The average Bonchev–Trinajstić information content (AvgIpc) is 2.93. The molecule has 27 heavy (non-hydrogen) atoms. The zero-order valence-electron chi connectivity index (χ0n) is 17.3. The van der Waals surface area contributed by atoms with Gasteiger partial charge in [-0.1, -0.05) is 51.1 Å². The number of rotatable bonds is 8. The van der Waals surface area contributed by atoms with Gasteiger partial charge in [0.1, 0.15) is 12.2 Å². The van der Waals surface area contributed by atoms with E-state index in [-0.39, 0.29) is 24.6 Å². The number of hydrogen-bond donors (Lipinski definition) is 1. The largest absolute Gasteiger partial charge is 0.462 e. The summed E-state index contributed by atoms with van der Waals surface area (Å²) in [5.41, 5.74) is -0.281. The fourth-order valence-electron chi connectivity index (χ4n) is 3.77. The van der Waals surface area contributed by atoms with Crippen LogP contribution < -0.4 is 0 Å². The fourth-order valence-corrected chi connectivity index (χ4v) is 3.77. The Bertz CT molecular complexity index is 605. The standard InChI is InChI=1S/C22H34O5/c1-20(2,3)14-21(4,5)19(24)26-16-22(12-11-18(23)27-22)15-25-13-17-9-7-6-8-10-17/h6-10,18,23H,11-16H2,1-5H3. The molecule has 0 radical (unpaired) electrons. The first-order chi connectivity index (χ1) is 12.5. The summed E-state index contributed by atoms with van der Waals surface area (Å²) in [5, 5.41) is 9.84. The molecule has 1 aromatic carbocycles. The zero-order valence-corrected chi connectivity index (χ0v) is 17.3. The molecule has 0 bridgehead atoms. The van der Waals surface area contributed by atoms with Crippen LogP contribution in [0.1, 0.15) is 59.4 Å². The summed E-state index contributed by atoms with van der Waals surface area (Å²) in [4.78, 5) is 12.6. The second-order valence-electron chi connectivity index (χ2n) is 9.47. The number of ether oxygens (including phenoxy) is 3. The van der Waals surface area contributed by atoms with Crippen LogP contribution in [0.5, 0.6) is 0 Å². The second kappa shape index (κ2) is 8.72. The molecule has 0 spiro atoms. The normalized spacial score (nSPS) is 23.4. The molecule has 1 aliphatic rings. The summed E-state index contributed by atoms with van der Waals surface area (Å²) in [6.45, 7) is 10.9. The van der Waals surface area contributed by atoms with Crippen LogP contribution in [-0.2, 0) is 25.6 Å². The van der Waals surface area contributed by atoms with Gasteiger partial charge in [-0.3, -0.25) is 4.79 Å². The van der Waals surface area contributed by atoms with Crippen LogP contribution in [0.4, 0.5) is 0 Å². The van der Waals surface area contributed by atoms with E-state index in [4.69, 9.17) is 14.2 Å². The smallest absolute Gasteiger partial charge is 0.311 e. The summed E-state index contributed by atoms with van der Waals surface area (Å²) >= 11 is 0. The molecule has 0 aromatic heterocycles. The van der Waals surface area contributed by atoms with Crippen LogP contribution in [0.25, 0.3) is 0 Å². The van der Waals surface area contributed by atoms with E-state index in [0.29, 0.717) is 19.4 Å². The van der Waals surface area contributed by atoms with Crippen molar-refractivity contribution in [1.29, 1.82) is 0 Å². The average molecular weight is 379 g/mol. The first-order valence-electron chi connectivity index (χ1n) is 9.66. The molecule has 1 fully saturated rings. The van der Waals surface area contributed by atoms with Gasteiger partial charge in [-0.2, -0.15) is 0 Å². The van der Waals surface area contributed by atoms with E-state index in [1.165, 1.54) is 0 Å². The molecule has 2 atom stereocenters. The molecular weight excluding hydrogens is 344 g/mol. The molecule has 1 aliphatic heterocycles. The molecule has 0 amide bonds. The van der Waals surface area contributed by atoms with Crippen molar-refractivity contribution in [3.8, 4) is 0 Å². The zero-order chi connectivity index (χ0) is 20.1. The van der Waals surface area contributed by atoms with Gasteiger partial charge in [0, 0.05) is 6.42 Å². The minimum absolute atomic E-state index is 0.0268. The van der Waals surface area contributed by atoms with Crippen molar-refractivity contribution < 1.29 is 24.1 Å². The predicted octanol–water partition coefficient (Wildman–Crippen LogP) is 4.08. The van der Waals surface area contributed by atoms with Gasteiger partial charge in [0.15, 0.2) is 6.29 Å². The quantitative estimate of drug-likeness (QED) is 0.691. The Kier molecular flexibility index (Phi) is 7.06. The highest BCUT2D eigenvalue weighted by Crippen LogP contribution is 2.36. The van der Waals surface area contributed by atoms with E-state index in [1.807, 2.05) is 44.2 Å². The Balaban J connectivity index is 1.92. The summed E-state index contributed by atoms with van der Waals surface area (Å²) < 4.78 is 17.2. The molecule has 1 N–H and O–H groups in total. The number of hydrogen-bond acceptors (Lipinski definition) is 5. The van der Waals surface area contributed by atoms with Crippen molar-refractivity contribution in [1.82, 2.24) is 0 Å². The van der Waals surface area contributed by atoms with Crippen molar-refractivity contribution in [2.45, 2.75) is 72.4 Å². The lowest BCUT2D eigenvalue weighted by Crippen LogP contribution is -2.42. The van der Waals surface area contributed by atoms with Gasteiger partial charge >= 0.3 is 5.97 Å². The molecule has 5 nitrogen and oxygen atoms in total. The molecule has 0 saturated carbocycles. The number of aliphatic hydroxyl groups is 1. The van der Waals surface area contributed by atoms with Gasteiger partial charge in [-0.25, -0.2) is 0 Å². The van der Waals surface area contributed by atoms with Gasteiger partial charge in [-0.05, 0) is 37.7 Å².